The number of piperazine rings is 1. The van der Waals surface area contributed by atoms with Crippen LogP contribution in [0.3, 0.4) is 0 Å². The van der Waals surface area contributed by atoms with E-state index in [-0.39, 0.29) is 11.8 Å². The van der Waals surface area contributed by atoms with E-state index in [4.69, 9.17) is 16.3 Å². The first-order valence-electron chi connectivity index (χ1n) is 9.56. The lowest BCUT2D eigenvalue weighted by molar-refractivity contribution is -0.133. The van der Waals surface area contributed by atoms with Gasteiger partial charge in [0, 0.05) is 39.1 Å². The largest absolute Gasteiger partial charge is 0.491 e. The minimum atomic E-state index is 0.248. The molecule has 2 aromatic rings. The fraction of sp³-hybridized carbons (Fsp3) is 0.409. The zero-order chi connectivity index (χ0) is 19.1. The second kappa shape index (κ2) is 9.77. The molecule has 2 aromatic carbocycles. The minimum Gasteiger partial charge on any atom is -0.491 e. The molecule has 0 aliphatic carbocycles. The van der Waals surface area contributed by atoms with Gasteiger partial charge >= 0.3 is 0 Å². The van der Waals surface area contributed by atoms with Gasteiger partial charge in [-0.05, 0) is 23.6 Å². The highest BCUT2D eigenvalue weighted by Gasteiger charge is 2.22. The third-order valence-electron chi connectivity index (χ3n) is 5.08. The number of para-hydroxylation sites is 1. The molecular formula is C22H27ClN2O2. The normalized spacial score (nSPS) is 16.1. The maximum atomic E-state index is 12.6. The third-order valence-corrected chi connectivity index (χ3v) is 5.39. The number of amides is 1. The fourth-order valence-electron chi connectivity index (χ4n) is 3.36. The number of ether oxygens (including phenoxy) is 1. The van der Waals surface area contributed by atoms with Gasteiger partial charge in [-0.3, -0.25) is 9.69 Å². The van der Waals surface area contributed by atoms with Crippen molar-refractivity contribution in [3.8, 4) is 5.75 Å². The Morgan fingerprint density at radius 1 is 1.04 bits per heavy atom. The van der Waals surface area contributed by atoms with Crippen LogP contribution in [0.1, 0.15) is 24.8 Å². The van der Waals surface area contributed by atoms with Crippen molar-refractivity contribution in [2.75, 3.05) is 39.3 Å². The van der Waals surface area contributed by atoms with Crippen LogP contribution in [0.25, 0.3) is 0 Å². The summed E-state index contributed by atoms with van der Waals surface area (Å²) in [5.41, 5.74) is 1.22. The van der Waals surface area contributed by atoms with Gasteiger partial charge < -0.3 is 9.64 Å². The molecule has 4 nitrogen and oxygen atoms in total. The van der Waals surface area contributed by atoms with Crippen LogP contribution in [0.4, 0.5) is 0 Å². The third kappa shape index (κ3) is 5.72. The summed E-state index contributed by atoms with van der Waals surface area (Å²) in [6, 6.07) is 17.8. The van der Waals surface area contributed by atoms with Gasteiger partial charge in [0.15, 0.2) is 0 Å². The molecule has 144 valence electrons. The molecular weight excluding hydrogens is 360 g/mol. The van der Waals surface area contributed by atoms with Crippen molar-refractivity contribution >= 4 is 17.5 Å². The van der Waals surface area contributed by atoms with Crippen molar-refractivity contribution in [2.45, 2.75) is 19.3 Å². The van der Waals surface area contributed by atoms with Gasteiger partial charge in [-0.15, -0.1) is 0 Å². The molecule has 1 amide bonds. The van der Waals surface area contributed by atoms with E-state index in [9.17, 15) is 4.79 Å². The lowest BCUT2D eigenvalue weighted by Gasteiger charge is -2.35. The van der Waals surface area contributed by atoms with Gasteiger partial charge in [0.05, 0.1) is 5.02 Å². The molecule has 27 heavy (non-hydrogen) atoms. The first-order valence-corrected chi connectivity index (χ1v) is 9.93. The van der Waals surface area contributed by atoms with Gasteiger partial charge in [0.25, 0.3) is 0 Å². The highest BCUT2D eigenvalue weighted by atomic mass is 35.5. The number of carbonyl (C=O) groups excluding carboxylic acids is 1. The first-order chi connectivity index (χ1) is 13.1. The van der Waals surface area contributed by atoms with Crippen molar-refractivity contribution < 1.29 is 9.53 Å². The Balaban J connectivity index is 1.38. The summed E-state index contributed by atoms with van der Waals surface area (Å²) >= 11 is 6.10. The van der Waals surface area contributed by atoms with Crippen LogP contribution in [0.2, 0.25) is 5.02 Å². The monoisotopic (exact) mass is 386 g/mol. The van der Waals surface area contributed by atoms with Crippen LogP contribution >= 0.6 is 11.6 Å². The molecule has 0 aromatic heterocycles. The SMILES string of the molecule is CC(CC(=O)N1CCN(CCOc2ccccc2Cl)CC1)c1ccccc1. The summed E-state index contributed by atoms with van der Waals surface area (Å²) in [5.74, 6) is 1.22. The highest BCUT2D eigenvalue weighted by Crippen LogP contribution is 2.23. The van der Waals surface area contributed by atoms with Crippen LogP contribution < -0.4 is 4.74 Å². The molecule has 0 saturated carbocycles. The number of hydrogen-bond donors (Lipinski definition) is 0. The van der Waals surface area contributed by atoms with Crippen molar-refractivity contribution in [1.29, 1.82) is 0 Å². The van der Waals surface area contributed by atoms with E-state index >= 15 is 0 Å². The molecule has 1 atom stereocenters. The Hall–Kier alpha value is -2.04. The van der Waals surface area contributed by atoms with Crippen molar-refractivity contribution in [3.05, 3.63) is 65.2 Å². The lowest BCUT2D eigenvalue weighted by Crippen LogP contribution is -2.49. The maximum absolute atomic E-state index is 12.6. The molecule has 0 radical (unpaired) electrons. The van der Waals surface area contributed by atoms with Gasteiger partial charge in [-0.2, -0.15) is 0 Å². The summed E-state index contributed by atoms with van der Waals surface area (Å²) in [4.78, 5) is 16.9. The van der Waals surface area contributed by atoms with Crippen molar-refractivity contribution in [1.82, 2.24) is 9.80 Å². The molecule has 1 aliphatic heterocycles. The predicted octanol–water partition coefficient (Wildman–Crippen LogP) is 4.06. The standard InChI is InChI=1S/C22H27ClN2O2/c1-18(19-7-3-2-4-8-19)17-22(26)25-13-11-24(12-14-25)15-16-27-21-10-6-5-9-20(21)23/h2-10,18H,11-17H2,1H3. The first kappa shape index (κ1) is 19.7. The van der Waals surface area contributed by atoms with Crippen LogP contribution in [-0.2, 0) is 4.79 Å². The van der Waals surface area contributed by atoms with Gasteiger partial charge in [0.2, 0.25) is 5.91 Å². The average molecular weight is 387 g/mol. The molecule has 1 aliphatic rings. The summed E-state index contributed by atoms with van der Waals surface area (Å²) in [7, 11) is 0. The van der Waals surface area contributed by atoms with Gasteiger partial charge in [-0.25, -0.2) is 0 Å². The van der Waals surface area contributed by atoms with E-state index in [2.05, 4.69) is 24.0 Å². The number of halogens is 1. The molecule has 1 fully saturated rings. The summed E-state index contributed by atoms with van der Waals surface area (Å²) in [6.07, 6.45) is 0.569. The molecule has 1 unspecified atom stereocenters. The molecule has 3 rings (SSSR count). The van der Waals surface area contributed by atoms with Crippen molar-refractivity contribution in [3.63, 3.8) is 0 Å². The predicted molar refractivity (Wildman–Crippen MR) is 109 cm³/mol. The van der Waals surface area contributed by atoms with Crippen LogP contribution in [-0.4, -0.2) is 55.0 Å². The van der Waals surface area contributed by atoms with E-state index in [0.29, 0.717) is 18.1 Å². The summed E-state index contributed by atoms with van der Waals surface area (Å²) in [6.45, 7) is 6.90. The zero-order valence-electron chi connectivity index (χ0n) is 15.8. The molecule has 0 bridgehead atoms. The Kier molecular flexibility index (Phi) is 7.13. The lowest BCUT2D eigenvalue weighted by atomic mass is 9.97. The molecule has 0 spiro atoms. The van der Waals surface area contributed by atoms with Crippen LogP contribution in [0.15, 0.2) is 54.6 Å². The Labute approximate surface area is 166 Å². The quantitative estimate of drug-likeness (QED) is 0.719. The second-order valence-electron chi connectivity index (χ2n) is 7.02. The zero-order valence-corrected chi connectivity index (χ0v) is 16.6. The number of rotatable bonds is 7. The molecule has 1 saturated heterocycles. The Morgan fingerprint density at radius 3 is 2.41 bits per heavy atom. The van der Waals surface area contributed by atoms with Crippen molar-refractivity contribution in [2.24, 2.45) is 0 Å². The summed E-state index contributed by atoms with van der Waals surface area (Å²) in [5, 5.41) is 0.639. The average Bonchev–Trinajstić information content (AvgIpc) is 2.70. The second-order valence-corrected chi connectivity index (χ2v) is 7.42. The van der Waals surface area contributed by atoms with E-state index in [1.54, 1.807) is 0 Å². The van der Waals surface area contributed by atoms with E-state index < -0.39 is 0 Å². The molecule has 0 N–H and O–H groups in total. The number of benzene rings is 2. The number of hydrogen-bond acceptors (Lipinski definition) is 3. The fourth-order valence-corrected chi connectivity index (χ4v) is 3.55. The van der Waals surface area contributed by atoms with Gasteiger partial charge in [0.1, 0.15) is 12.4 Å². The van der Waals surface area contributed by atoms with E-state index in [1.165, 1.54) is 5.56 Å². The van der Waals surface area contributed by atoms with E-state index in [0.717, 1.165) is 38.5 Å². The Bertz CT molecular complexity index is 730. The summed E-state index contributed by atoms with van der Waals surface area (Å²) < 4.78 is 5.76. The maximum Gasteiger partial charge on any atom is 0.223 e. The smallest absolute Gasteiger partial charge is 0.223 e. The highest BCUT2D eigenvalue weighted by molar-refractivity contribution is 6.32. The minimum absolute atomic E-state index is 0.248. The molecule has 5 heteroatoms. The molecule has 1 heterocycles. The topological polar surface area (TPSA) is 32.8 Å². The van der Waals surface area contributed by atoms with Gasteiger partial charge in [-0.1, -0.05) is 61.0 Å². The number of carbonyl (C=O) groups is 1. The van der Waals surface area contributed by atoms with Crippen LogP contribution in [0.5, 0.6) is 5.75 Å². The van der Waals surface area contributed by atoms with E-state index in [1.807, 2.05) is 47.4 Å². The number of nitrogens with zero attached hydrogens (tertiary/aromatic N) is 2. The Morgan fingerprint density at radius 2 is 1.70 bits per heavy atom. The van der Waals surface area contributed by atoms with Crippen LogP contribution in [0, 0.1) is 0 Å².